The lowest BCUT2D eigenvalue weighted by Crippen LogP contribution is -2.60. The molecule has 40 heavy (non-hydrogen) atoms. The molecule has 11 heteroatoms. The van der Waals surface area contributed by atoms with E-state index in [0.29, 0.717) is 25.0 Å². The summed E-state index contributed by atoms with van der Waals surface area (Å²) in [6.07, 6.45) is 8.01. The third kappa shape index (κ3) is 7.34. The molecule has 2 heterocycles. The highest BCUT2D eigenvalue weighted by Gasteiger charge is 2.43. The number of hydrogen-bond acceptors (Lipinski definition) is 7. The summed E-state index contributed by atoms with van der Waals surface area (Å²) in [6.45, 7) is 4.39. The maximum absolute atomic E-state index is 13.5. The standard InChI is InChI=1S/C29H38N6O5/c1-19(2)23-18-40-24-8-4-3-7-21(24)26(37)33-22(27(38)32-14-11-20-17-30-15-16-31-20)9-10-25(36)35-29(28(39)34-23)12-5-6-13-29/h3-4,7-8,15-17,19,22-23H,5-6,9-14,18H2,1-2H3,(H,32,38)(H,33,37)(H,34,39)(H,35,36)/t22-,23-/m0/s1. The fourth-order valence-electron chi connectivity index (χ4n) is 5.06. The van der Waals surface area contributed by atoms with Crippen LogP contribution >= 0.6 is 0 Å². The molecule has 2 aliphatic rings. The minimum atomic E-state index is -1.000. The van der Waals surface area contributed by atoms with Crippen LogP contribution in [0.1, 0.15) is 68.4 Å². The van der Waals surface area contributed by atoms with Gasteiger partial charge in [-0.3, -0.25) is 29.1 Å². The fourth-order valence-corrected chi connectivity index (χ4v) is 5.06. The van der Waals surface area contributed by atoms with Crippen molar-refractivity contribution in [1.82, 2.24) is 31.2 Å². The van der Waals surface area contributed by atoms with Crippen molar-refractivity contribution in [3.8, 4) is 5.75 Å². The van der Waals surface area contributed by atoms with E-state index in [1.165, 1.54) is 0 Å². The Balaban J connectivity index is 1.56. The molecule has 0 unspecified atom stereocenters. The van der Waals surface area contributed by atoms with Crippen LogP contribution in [0.25, 0.3) is 0 Å². The van der Waals surface area contributed by atoms with E-state index >= 15 is 0 Å². The van der Waals surface area contributed by atoms with Gasteiger partial charge in [-0.2, -0.15) is 0 Å². The Morgan fingerprint density at radius 1 is 1.12 bits per heavy atom. The molecule has 1 aromatic carbocycles. The number of fused-ring (bicyclic) bond motifs is 1. The minimum absolute atomic E-state index is 0.0384. The number of rotatable bonds is 5. The summed E-state index contributed by atoms with van der Waals surface area (Å²) < 4.78 is 6.06. The molecule has 4 rings (SSSR count). The molecule has 4 amide bonds. The van der Waals surface area contributed by atoms with Gasteiger partial charge in [0, 0.05) is 38.0 Å². The third-order valence-electron chi connectivity index (χ3n) is 7.52. The van der Waals surface area contributed by atoms with Crippen LogP contribution in [-0.4, -0.2) is 64.4 Å². The highest BCUT2D eigenvalue weighted by atomic mass is 16.5. The highest BCUT2D eigenvalue weighted by molar-refractivity contribution is 6.00. The topological polar surface area (TPSA) is 151 Å². The Morgan fingerprint density at radius 2 is 1.90 bits per heavy atom. The van der Waals surface area contributed by atoms with Gasteiger partial charge in [0.15, 0.2) is 0 Å². The summed E-state index contributed by atoms with van der Waals surface area (Å²) in [4.78, 5) is 61.4. The van der Waals surface area contributed by atoms with Gasteiger partial charge in [-0.25, -0.2) is 0 Å². The molecule has 2 aromatic rings. The molecule has 1 saturated carbocycles. The van der Waals surface area contributed by atoms with Crippen molar-refractivity contribution < 1.29 is 23.9 Å². The van der Waals surface area contributed by atoms with E-state index in [9.17, 15) is 19.2 Å². The van der Waals surface area contributed by atoms with E-state index in [1.54, 1.807) is 42.9 Å². The first kappa shape index (κ1) is 29.0. The van der Waals surface area contributed by atoms with Gasteiger partial charge in [0.1, 0.15) is 23.9 Å². The number of carbonyl (C=O) groups is 4. The summed E-state index contributed by atoms with van der Waals surface area (Å²) in [5, 5.41) is 11.7. The van der Waals surface area contributed by atoms with Crippen LogP contribution in [0.2, 0.25) is 0 Å². The van der Waals surface area contributed by atoms with E-state index in [4.69, 9.17) is 4.74 Å². The largest absolute Gasteiger partial charge is 0.491 e. The second kappa shape index (κ2) is 13.4. The molecule has 1 aromatic heterocycles. The zero-order chi connectivity index (χ0) is 28.5. The molecule has 2 atom stereocenters. The van der Waals surface area contributed by atoms with Crippen molar-refractivity contribution in [3.63, 3.8) is 0 Å². The van der Waals surface area contributed by atoms with E-state index < -0.39 is 23.4 Å². The van der Waals surface area contributed by atoms with Gasteiger partial charge < -0.3 is 26.0 Å². The van der Waals surface area contributed by atoms with Gasteiger partial charge in [-0.1, -0.05) is 38.8 Å². The van der Waals surface area contributed by atoms with Crippen LogP contribution in [0.3, 0.4) is 0 Å². The van der Waals surface area contributed by atoms with E-state index in [-0.39, 0.29) is 55.3 Å². The normalized spacial score (nSPS) is 21.7. The van der Waals surface area contributed by atoms with Crippen molar-refractivity contribution in [2.24, 2.45) is 5.92 Å². The van der Waals surface area contributed by atoms with Crippen molar-refractivity contribution in [3.05, 3.63) is 54.1 Å². The maximum Gasteiger partial charge on any atom is 0.255 e. The molecule has 0 bridgehead atoms. The lowest BCUT2D eigenvalue weighted by atomic mass is 9.94. The number of nitrogens with zero attached hydrogens (tertiary/aromatic N) is 2. The van der Waals surface area contributed by atoms with Crippen molar-refractivity contribution in [2.45, 2.75) is 76.4 Å². The Kier molecular flexibility index (Phi) is 9.68. The fraction of sp³-hybridized carbons (Fsp3) is 0.517. The highest BCUT2D eigenvalue weighted by Crippen LogP contribution is 2.31. The van der Waals surface area contributed by atoms with Gasteiger partial charge in [0.2, 0.25) is 17.7 Å². The molecule has 0 saturated heterocycles. The Hall–Kier alpha value is -4.02. The SMILES string of the molecule is CC(C)[C@@H]1COc2ccccc2C(=O)N[C@H](C(=O)NCCc2cnccn2)CCC(=O)NC2(CCCC2)C(=O)N1. The molecule has 1 aliphatic carbocycles. The van der Waals surface area contributed by atoms with Crippen LogP contribution in [-0.2, 0) is 20.8 Å². The van der Waals surface area contributed by atoms with E-state index in [1.807, 2.05) is 13.8 Å². The van der Waals surface area contributed by atoms with Crippen LogP contribution in [0, 0.1) is 5.92 Å². The summed E-state index contributed by atoms with van der Waals surface area (Å²) in [7, 11) is 0. The number of amides is 4. The molecular weight excluding hydrogens is 512 g/mol. The molecule has 11 nitrogen and oxygen atoms in total. The molecule has 1 fully saturated rings. The first-order valence-electron chi connectivity index (χ1n) is 13.9. The van der Waals surface area contributed by atoms with Crippen LogP contribution < -0.4 is 26.0 Å². The Labute approximate surface area is 234 Å². The smallest absolute Gasteiger partial charge is 0.255 e. The predicted octanol–water partition coefficient (Wildman–Crippen LogP) is 1.68. The molecule has 4 N–H and O–H groups in total. The number of ether oxygens (including phenoxy) is 1. The zero-order valence-corrected chi connectivity index (χ0v) is 23.1. The van der Waals surface area contributed by atoms with Gasteiger partial charge in [0.05, 0.1) is 17.3 Å². The zero-order valence-electron chi connectivity index (χ0n) is 23.1. The van der Waals surface area contributed by atoms with Crippen LogP contribution in [0.4, 0.5) is 0 Å². The average molecular weight is 551 g/mol. The van der Waals surface area contributed by atoms with Crippen molar-refractivity contribution in [2.75, 3.05) is 13.2 Å². The van der Waals surface area contributed by atoms with Crippen LogP contribution in [0.5, 0.6) is 5.75 Å². The lowest BCUT2D eigenvalue weighted by Gasteiger charge is -2.32. The Morgan fingerprint density at radius 3 is 2.62 bits per heavy atom. The van der Waals surface area contributed by atoms with Gasteiger partial charge in [-0.15, -0.1) is 0 Å². The Bertz CT molecular complexity index is 1200. The average Bonchev–Trinajstić information content (AvgIpc) is 3.42. The number of carbonyl (C=O) groups excluding carboxylic acids is 4. The van der Waals surface area contributed by atoms with Gasteiger partial charge >= 0.3 is 0 Å². The van der Waals surface area contributed by atoms with Crippen molar-refractivity contribution >= 4 is 23.6 Å². The van der Waals surface area contributed by atoms with Crippen molar-refractivity contribution in [1.29, 1.82) is 0 Å². The number of hydrogen-bond donors (Lipinski definition) is 4. The maximum atomic E-state index is 13.5. The first-order chi connectivity index (χ1) is 19.3. The van der Waals surface area contributed by atoms with Gasteiger partial charge in [0.25, 0.3) is 5.91 Å². The number of para-hydroxylation sites is 1. The number of aromatic nitrogens is 2. The summed E-state index contributed by atoms with van der Waals surface area (Å²) in [5.74, 6) is -1.07. The van der Waals surface area contributed by atoms with E-state index in [2.05, 4.69) is 31.2 Å². The molecule has 0 radical (unpaired) electrons. The minimum Gasteiger partial charge on any atom is -0.491 e. The van der Waals surface area contributed by atoms with E-state index in [0.717, 1.165) is 18.5 Å². The molecule has 1 aliphatic heterocycles. The lowest BCUT2D eigenvalue weighted by molar-refractivity contribution is -0.134. The molecule has 1 spiro atoms. The quantitative estimate of drug-likeness (QED) is 0.442. The third-order valence-corrected chi connectivity index (χ3v) is 7.52. The second-order valence-corrected chi connectivity index (χ2v) is 10.8. The number of benzene rings is 1. The van der Waals surface area contributed by atoms with Gasteiger partial charge in [-0.05, 0) is 37.3 Å². The summed E-state index contributed by atoms with van der Waals surface area (Å²) in [6, 6.07) is 5.47. The van der Waals surface area contributed by atoms with Crippen LogP contribution in [0.15, 0.2) is 42.9 Å². The summed E-state index contributed by atoms with van der Waals surface area (Å²) in [5.41, 5.74) is -0.0143. The molecule has 214 valence electrons. The molecular formula is C29H38N6O5. The predicted molar refractivity (Wildman–Crippen MR) is 147 cm³/mol. The summed E-state index contributed by atoms with van der Waals surface area (Å²) >= 11 is 0. The second-order valence-electron chi connectivity index (χ2n) is 10.8. The monoisotopic (exact) mass is 550 g/mol. The number of nitrogens with one attached hydrogen (secondary N) is 4. The first-order valence-corrected chi connectivity index (χ1v) is 13.9.